The standard InChI is InChI=1S/C22H21NO5S/c1-14(24)23-11-10-15-12-17(7-8-20(15)23)29(25,26)28-16-6-9-22-19(13-16)18-4-2-3-5-21(18)27-22/h6-9,12-13H,2-5,10-11H2,1H3. The number of furan rings is 1. The van der Waals surface area contributed by atoms with Gasteiger partial charge in [0.05, 0.1) is 0 Å². The normalized spacial score (nSPS) is 16.0. The Balaban J connectivity index is 1.46. The maximum absolute atomic E-state index is 12.9. The van der Waals surface area contributed by atoms with Crippen LogP contribution >= 0.6 is 0 Å². The van der Waals surface area contributed by atoms with E-state index in [9.17, 15) is 13.2 Å². The Morgan fingerprint density at radius 3 is 2.72 bits per heavy atom. The van der Waals surface area contributed by atoms with E-state index in [1.54, 1.807) is 35.2 Å². The molecule has 5 rings (SSSR count). The minimum absolute atomic E-state index is 0.0487. The number of amides is 1. The van der Waals surface area contributed by atoms with Crippen LogP contribution in [-0.4, -0.2) is 20.9 Å². The second-order valence-electron chi connectivity index (χ2n) is 7.62. The molecular weight excluding hydrogens is 390 g/mol. The van der Waals surface area contributed by atoms with Crippen LogP contribution in [-0.2, 0) is 34.2 Å². The van der Waals surface area contributed by atoms with E-state index in [4.69, 9.17) is 8.60 Å². The van der Waals surface area contributed by atoms with E-state index in [1.807, 2.05) is 0 Å². The molecule has 0 saturated carbocycles. The molecule has 1 aliphatic heterocycles. The molecule has 0 radical (unpaired) electrons. The first-order valence-corrected chi connectivity index (χ1v) is 11.2. The van der Waals surface area contributed by atoms with E-state index < -0.39 is 10.1 Å². The molecular formula is C22H21NO5S. The van der Waals surface area contributed by atoms with Crippen LogP contribution < -0.4 is 9.08 Å². The van der Waals surface area contributed by atoms with Gasteiger partial charge in [0.2, 0.25) is 5.91 Å². The highest BCUT2D eigenvalue weighted by molar-refractivity contribution is 7.87. The fraction of sp³-hybridized carbons (Fsp3) is 0.318. The zero-order valence-corrected chi connectivity index (χ0v) is 16.9. The van der Waals surface area contributed by atoms with Crippen molar-refractivity contribution in [2.24, 2.45) is 0 Å². The van der Waals surface area contributed by atoms with Crippen LogP contribution in [0.4, 0.5) is 5.69 Å². The molecule has 2 aliphatic rings. The summed E-state index contributed by atoms with van der Waals surface area (Å²) >= 11 is 0. The predicted octanol–water partition coefficient (Wildman–Crippen LogP) is 3.99. The fourth-order valence-electron chi connectivity index (χ4n) is 4.33. The summed E-state index contributed by atoms with van der Waals surface area (Å²) in [7, 11) is -3.98. The van der Waals surface area contributed by atoms with Gasteiger partial charge in [0.1, 0.15) is 22.0 Å². The Morgan fingerprint density at radius 2 is 1.90 bits per heavy atom. The Morgan fingerprint density at radius 1 is 1.07 bits per heavy atom. The van der Waals surface area contributed by atoms with E-state index in [0.29, 0.717) is 13.0 Å². The summed E-state index contributed by atoms with van der Waals surface area (Å²) in [6.45, 7) is 2.07. The summed E-state index contributed by atoms with van der Waals surface area (Å²) in [5, 5.41) is 0.929. The maximum Gasteiger partial charge on any atom is 0.339 e. The monoisotopic (exact) mass is 411 g/mol. The lowest BCUT2D eigenvalue weighted by Crippen LogP contribution is -2.25. The molecule has 1 aromatic heterocycles. The fourth-order valence-corrected chi connectivity index (χ4v) is 5.30. The van der Waals surface area contributed by atoms with Crippen molar-refractivity contribution in [2.75, 3.05) is 11.4 Å². The van der Waals surface area contributed by atoms with E-state index in [0.717, 1.165) is 59.2 Å². The molecule has 2 aromatic carbocycles. The van der Waals surface area contributed by atoms with Crippen molar-refractivity contribution in [3.8, 4) is 5.75 Å². The number of aryl methyl sites for hydroxylation is 2. The van der Waals surface area contributed by atoms with Crippen molar-refractivity contribution in [1.29, 1.82) is 0 Å². The minimum Gasteiger partial charge on any atom is -0.461 e. The second-order valence-corrected chi connectivity index (χ2v) is 9.16. The molecule has 0 saturated heterocycles. The molecule has 2 heterocycles. The SMILES string of the molecule is CC(=O)N1CCc2cc(S(=O)(=O)Oc3ccc4oc5c(c4c3)CCCC5)ccc21. The van der Waals surface area contributed by atoms with Gasteiger partial charge in [-0.25, -0.2) is 0 Å². The van der Waals surface area contributed by atoms with Gasteiger partial charge in [-0.2, -0.15) is 8.42 Å². The third-order valence-corrected chi connectivity index (χ3v) is 6.99. The van der Waals surface area contributed by atoms with Gasteiger partial charge in [-0.1, -0.05) is 0 Å². The summed E-state index contributed by atoms with van der Waals surface area (Å²) < 4.78 is 37.1. The lowest BCUT2D eigenvalue weighted by Gasteiger charge is -2.15. The van der Waals surface area contributed by atoms with Crippen molar-refractivity contribution in [3.05, 3.63) is 53.3 Å². The van der Waals surface area contributed by atoms with E-state index in [-0.39, 0.29) is 16.6 Å². The van der Waals surface area contributed by atoms with Crippen molar-refractivity contribution >= 4 is 32.7 Å². The molecule has 3 aromatic rings. The van der Waals surface area contributed by atoms with Crippen molar-refractivity contribution < 1.29 is 21.8 Å². The van der Waals surface area contributed by atoms with Gasteiger partial charge in [0.25, 0.3) is 0 Å². The van der Waals surface area contributed by atoms with Crippen molar-refractivity contribution in [2.45, 2.75) is 43.9 Å². The molecule has 0 N–H and O–H groups in total. The highest BCUT2D eigenvalue weighted by atomic mass is 32.2. The number of fused-ring (bicyclic) bond motifs is 4. The Labute approximate surface area is 169 Å². The van der Waals surface area contributed by atoms with Crippen LogP contribution in [0, 0.1) is 0 Å². The van der Waals surface area contributed by atoms with E-state index >= 15 is 0 Å². The van der Waals surface area contributed by atoms with Crippen LogP contribution in [0.3, 0.4) is 0 Å². The molecule has 0 spiro atoms. The molecule has 0 bridgehead atoms. The smallest absolute Gasteiger partial charge is 0.339 e. The van der Waals surface area contributed by atoms with Crippen LogP contribution in [0.5, 0.6) is 5.75 Å². The third kappa shape index (κ3) is 3.09. The van der Waals surface area contributed by atoms with Crippen molar-refractivity contribution in [1.82, 2.24) is 0 Å². The summed E-state index contributed by atoms with van der Waals surface area (Å²) in [5.41, 5.74) is 3.53. The third-order valence-electron chi connectivity index (χ3n) is 5.75. The molecule has 0 fully saturated rings. The topological polar surface area (TPSA) is 76.8 Å². The van der Waals surface area contributed by atoms with Crippen molar-refractivity contribution in [3.63, 3.8) is 0 Å². The first-order valence-electron chi connectivity index (χ1n) is 9.82. The maximum atomic E-state index is 12.9. The average molecular weight is 411 g/mol. The molecule has 29 heavy (non-hydrogen) atoms. The highest BCUT2D eigenvalue weighted by Crippen LogP contribution is 2.35. The molecule has 0 unspecified atom stereocenters. The van der Waals surface area contributed by atoms with Crippen LogP contribution in [0.2, 0.25) is 0 Å². The van der Waals surface area contributed by atoms with Crippen LogP contribution in [0.25, 0.3) is 11.0 Å². The van der Waals surface area contributed by atoms with E-state index in [1.165, 1.54) is 13.0 Å². The van der Waals surface area contributed by atoms with Gasteiger partial charge in [-0.05, 0) is 67.6 Å². The van der Waals surface area contributed by atoms with Gasteiger partial charge in [-0.3, -0.25) is 4.79 Å². The lowest BCUT2D eigenvalue weighted by atomic mass is 9.96. The zero-order valence-electron chi connectivity index (χ0n) is 16.1. The molecule has 0 atom stereocenters. The number of rotatable bonds is 3. The van der Waals surface area contributed by atoms with Gasteiger partial charge in [0.15, 0.2) is 0 Å². The molecule has 1 amide bonds. The Hall–Kier alpha value is -2.80. The highest BCUT2D eigenvalue weighted by Gasteiger charge is 2.26. The summed E-state index contributed by atoms with van der Waals surface area (Å²) in [4.78, 5) is 13.4. The second kappa shape index (κ2) is 6.62. The molecule has 6 nitrogen and oxygen atoms in total. The lowest BCUT2D eigenvalue weighted by molar-refractivity contribution is -0.116. The Kier molecular flexibility index (Phi) is 4.17. The van der Waals surface area contributed by atoms with Crippen LogP contribution in [0.15, 0.2) is 45.7 Å². The minimum atomic E-state index is -3.98. The molecule has 150 valence electrons. The Bertz CT molecular complexity index is 1240. The number of hydrogen-bond donors (Lipinski definition) is 0. The average Bonchev–Trinajstić information content (AvgIpc) is 3.28. The predicted molar refractivity (Wildman–Crippen MR) is 109 cm³/mol. The summed E-state index contributed by atoms with van der Waals surface area (Å²) in [6, 6.07) is 9.92. The van der Waals surface area contributed by atoms with Gasteiger partial charge in [-0.15, -0.1) is 0 Å². The number of nitrogens with zero attached hydrogens (tertiary/aromatic N) is 1. The number of carbonyl (C=O) groups excluding carboxylic acids is 1. The molecule has 1 aliphatic carbocycles. The van der Waals surface area contributed by atoms with Gasteiger partial charge in [0, 0.05) is 36.5 Å². The molecule has 7 heteroatoms. The number of carbonyl (C=O) groups is 1. The summed E-state index contributed by atoms with van der Waals surface area (Å²) in [5.74, 6) is 1.23. The van der Waals surface area contributed by atoms with Gasteiger partial charge < -0.3 is 13.5 Å². The first kappa shape index (κ1) is 18.2. The quantitative estimate of drug-likeness (QED) is 0.609. The largest absolute Gasteiger partial charge is 0.461 e. The zero-order chi connectivity index (χ0) is 20.2. The number of hydrogen-bond acceptors (Lipinski definition) is 5. The van der Waals surface area contributed by atoms with Crippen LogP contribution in [0.1, 0.15) is 36.7 Å². The summed E-state index contributed by atoms with van der Waals surface area (Å²) in [6.07, 6.45) is 4.72. The van der Waals surface area contributed by atoms with E-state index in [2.05, 4.69) is 0 Å². The number of anilines is 1. The number of benzene rings is 2. The van der Waals surface area contributed by atoms with Gasteiger partial charge >= 0.3 is 10.1 Å². The first-order chi connectivity index (χ1) is 13.9.